The van der Waals surface area contributed by atoms with Crippen LogP contribution in [0.3, 0.4) is 0 Å². The summed E-state index contributed by atoms with van der Waals surface area (Å²) >= 11 is 5.51. The Morgan fingerprint density at radius 1 is 1.12 bits per heavy atom. The number of amides is 1. The van der Waals surface area contributed by atoms with E-state index in [4.69, 9.17) is 11.6 Å². The molecule has 0 radical (unpaired) electrons. The Kier molecular flexibility index (Phi) is 5.67. The van der Waals surface area contributed by atoms with Crippen molar-refractivity contribution < 1.29 is 26.4 Å². The fraction of sp³-hybridized carbons (Fsp3) is 0.235. The highest BCUT2D eigenvalue weighted by Crippen LogP contribution is 2.36. The van der Waals surface area contributed by atoms with Crippen LogP contribution in [0.2, 0.25) is 5.02 Å². The quantitative estimate of drug-likeness (QED) is 0.766. The van der Waals surface area contributed by atoms with Gasteiger partial charge in [-0.2, -0.15) is 13.2 Å². The van der Waals surface area contributed by atoms with Crippen molar-refractivity contribution in [3.05, 3.63) is 59.1 Å². The van der Waals surface area contributed by atoms with E-state index in [1.54, 1.807) is 30.3 Å². The fourth-order valence-electron chi connectivity index (χ4n) is 2.29. The zero-order valence-electron chi connectivity index (χ0n) is 13.8. The number of halogens is 4. The predicted octanol–water partition coefficient (Wildman–Crippen LogP) is 4.18. The van der Waals surface area contributed by atoms with Crippen LogP contribution in [0, 0.1) is 0 Å². The molecule has 1 atom stereocenters. The third kappa shape index (κ3) is 4.02. The molecular weight excluding hydrogens is 391 g/mol. The molecule has 2 aromatic carbocycles. The number of alkyl halides is 3. The second-order valence-electron chi connectivity index (χ2n) is 5.56. The van der Waals surface area contributed by atoms with E-state index < -0.39 is 42.7 Å². The van der Waals surface area contributed by atoms with Crippen molar-refractivity contribution in [2.75, 3.05) is 11.9 Å². The fourth-order valence-corrected chi connectivity index (χ4v) is 3.88. The molecule has 0 aliphatic carbocycles. The molecule has 0 aliphatic heterocycles. The molecule has 4 nitrogen and oxygen atoms in total. The van der Waals surface area contributed by atoms with E-state index in [-0.39, 0.29) is 0 Å². The number of hydrogen-bond acceptors (Lipinski definition) is 3. The van der Waals surface area contributed by atoms with Gasteiger partial charge in [-0.1, -0.05) is 29.8 Å². The van der Waals surface area contributed by atoms with Crippen LogP contribution in [0.25, 0.3) is 0 Å². The van der Waals surface area contributed by atoms with Crippen molar-refractivity contribution in [2.45, 2.75) is 23.2 Å². The first-order valence-electron chi connectivity index (χ1n) is 7.39. The van der Waals surface area contributed by atoms with Gasteiger partial charge in [0.2, 0.25) is 5.91 Å². The molecule has 0 unspecified atom stereocenters. The number of hydrogen-bond donors (Lipinski definition) is 0. The highest BCUT2D eigenvalue weighted by molar-refractivity contribution is 7.92. The molecular formula is C17H15ClF3NO3S. The van der Waals surface area contributed by atoms with E-state index in [1.807, 2.05) is 0 Å². The Morgan fingerprint density at radius 3 is 2.23 bits per heavy atom. The second-order valence-corrected chi connectivity index (χ2v) is 8.24. The summed E-state index contributed by atoms with van der Waals surface area (Å²) in [6, 6.07) is 10.6. The molecule has 9 heteroatoms. The molecule has 0 heterocycles. The Morgan fingerprint density at radius 2 is 1.69 bits per heavy atom. The molecule has 26 heavy (non-hydrogen) atoms. The third-order valence-electron chi connectivity index (χ3n) is 3.86. The maximum atomic E-state index is 13.0. The van der Waals surface area contributed by atoms with Crippen molar-refractivity contribution in [3.63, 3.8) is 0 Å². The van der Waals surface area contributed by atoms with Crippen LogP contribution < -0.4 is 4.90 Å². The Labute approximate surface area is 154 Å². The van der Waals surface area contributed by atoms with Crippen LogP contribution >= 0.6 is 11.6 Å². The first-order valence-corrected chi connectivity index (χ1v) is 9.32. The lowest BCUT2D eigenvalue weighted by Crippen LogP contribution is -2.39. The number of carbonyl (C=O) groups excluding carboxylic acids is 1. The minimum Gasteiger partial charge on any atom is -0.314 e. The second kappa shape index (κ2) is 7.28. The minimum absolute atomic E-state index is 0.448. The van der Waals surface area contributed by atoms with Gasteiger partial charge >= 0.3 is 6.18 Å². The van der Waals surface area contributed by atoms with E-state index in [0.717, 1.165) is 24.0 Å². The maximum Gasteiger partial charge on any atom is 0.417 e. The zero-order valence-corrected chi connectivity index (χ0v) is 15.4. The van der Waals surface area contributed by atoms with Gasteiger partial charge in [0.1, 0.15) is 5.25 Å². The van der Waals surface area contributed by atoms with Gasteiger partial charge in [-0.05, 0) is 37.3 Å². The van der Waals surface area contributed by atoms with Gasteiger partial charge in [0, 0.05) is 12.7 Å². The molecule has 2 aromatic rings. The maximum absolute atomic E-state index is 13.0. The van der Waals surface area contributed by atoms with Gasteiger partial charge in [-0.3, -0.25) is 4.79 Å². The van der Waals surface area contributed by atoms with E-state index in [9.17, 15) is 26.4 Å². The van der Waals surface area contributed by atoms with Crippen molar-refractivity contribution in [1.29, 1.82) is 0 Å². The van der Waals surface area contributed by atoms with Gasteiger partial charge in [0.05, 0.1) is 15.5 Å². The Hall–Kier alpha value is -2.06. The van der Waals surface area contributed by atoms with Crippen LogP contribution in [0.4, 0.5) is 18.9 Å². The average Bonchev–Trinajstić information content (AvgIpc) is 2.59. The molecule has 1 amide bonds. The number of anilines is 1. The van der Waals surface area contributed by atoms with Crippen LogP contribution in [0.15, 0.2) is 53.4 Å². The molecule has 0 fully saturated rings. The van der Waals surface area contributed by atoms with Gasteiger partial charge in [0.25, 0.3) is 0 Å². The van der Waals surface area contributed by atoms with Crippen molar-refractivity contribution in [1.82, 2.24) is 0 Å². The number of sulfone groups is 1. The summed E-state index contributed by atoms with van der Waals surface area (Å²) in [5, 5.41) is -2.19. The number of carbonyl (C=O) groups is 1. The molecule has 0 saturated carbocycles. The Bertz CT molecular complexity index is 915. The first-order chi connectivity index (χ1) is 12.0. The summed E-state index contributed by atoms with van der Waals surface area (Å²) in [6.07, 6.45) is -4.81. The number of nitrogens with zero attached hydrogens (tertiary/aromatic N) is 1. The smallest absolute Gasteiger partial charge is 0.314 e. The van der Waals surface area contributed by atoms with E-state index in [0.29, 0.717) is 11.8 Å². The molecule has 0 aromatic heterocycles. The SMILES string of the molecule is C[C@@H](C(=O)N(C)c1ccccc1)S(=O)(=O)c1ccc(Cl)c(C(F)(F)F)c1. The monoisotopic (exact) mass is 405 g/mol. The van der Waals surface area contributed by atoms with Gasteiger partial charge in [0.15, 0.2) is 9.84 Å². The highest BCUT2D eigenvalue weighted by Gasteiger charge is 2.37. The summed E-state index contributed by atoms with van der Waals surface area (Å²) in [7, 11) is -2.95. The van der Waals surface area contributed by atoms with E-state index in [2.05, 4.69) is 0 Å². The topological polar surface area (TPSA) is 54.5 Å². The predicted molar refractivity (Wildman–Crippen MR) is 93.0 cm³/mol. The summed E-state index contributed by atoms with van der Waals surface area (Å²) in [5.41, 5.74) is -0.803. The number of rotatable bonds is 4. The zero-order chi connectivity index (χ0) is 19.7. The standard InChI is InChI=1S/C17H15ClF3NO3S/c1-11(16(23)22(2)12-6-4-3-5-7-12)26(24,25)13-8-9-15(18)14(10-13)17(19,20)21/h3-11H,1-2H3/t11-/m0/s1. The Balaban J connectivity index is 2.39. The van der Waals surface area contributed by atoms with Crippen LogP contribution in [-0.2, 0) is 20.8 Å². The molecule has 0 aliphatic rings. The molecule has 0 N–H and O–H groups in total. The van der Waals surface area contributed by atoms with Gasteiger partial charge in [-0.15, -0.1) is 0 Å². The van der Waals surface area contributed by atoms with Crippen molar-refractivity contribution in [2.24, 2.45) is 0 Å². The van der Waals surface area contributed by atoms with Gasteiger partial charge < -0.3 is 4.90 Å². The molecule has 0 bridgehead atoms. The summed E-state index contributed by atoms with van der Waals surface area (Å²) in [5.74, 6) is -0.764. The van der Waals surface area contributed by atoms with Crippen LogP contribution in [-0.4, -0.2) is 26.6 Å². The van der Waals surface area contributed by atoms with Crippen LogP contribution in [0.1, 0.15) is 12.5 Å². The average molecular weight is 406 g/mol. The van der Waals surface area contributed by atoms with Crippen molar-refractivity contribution >= 4 is 33.0 Å². The minimum atomic E-state index is -4.81. The summed E-state index contributed by atoms with van der Waals surface area (Å²) in [4.78, 5) is 13.0. The molecule has 140 valence electrons. The molecule has 2 rings (SSSR count). The van der Waals surface area contributed by atoms with E-state index in [1.165, 1.54) is 7.05 Å². The third-order valence-corrected chi connectivity index (χ3v) is 6.23. The largest absolute Gasteiger partial charge is 0.417 e. The lowest BCUT2D eigenvalue weighted by atomic mass is 10.2. The number of para-hydroxylation sites is 1. The van der Waals surface area contributed by atoms with E-state index >= 15 is 0 Å². The highest BCUT2D eigenvalue weighted by atomic mass is 35.5. The molecule has 0 saturated heterocycles. The van der Waals surface area contributed by atoms with Crippen molar-refractivity contribution in [3.8, 4) is 0 Å². The molecule has 0 spiro atoms. The summed E-state index contributed by atoms with van der Waals surface area (Å²) in [6.45, 7) is 1.14. The lowest BCUT2D eigenvalue weighted by molar-refractivity contribution is -0.137. The first kappa shape index (κ1) is 20.3. The van der Waals surface area contributed by atoms with Gasteiger partial charge in [-0.25, -0.2) is 8.42 Å². The normalized spacial score (nSPS) is 13.3. The lowest BCUT2D eigenvalue weighted by Gasteiger charge is -2.22. The number of benzene rings is 2. The summed E-state index contributed by atoms with van der Waals surface area (Å²) < 4.78 is 64.2. The van der Waals surface area contributed by atoms with Crippen LogP contribution in [0.5, 0.6) is 0 Å².